The third kappa shape index (κ3) is 2.86. The van der Waals surface area contributed by atoms with Gasteiger partial charge >= 0.3 is 0 Å². The summed E-state index contributed by atoms with van der Waals surface area (Å²) in [6.07, 6.45) is 0. The predicted molar refractivity (Wildman–Crippen MR) is 69.0 cm³/mol. The molecule has 1 radical (unpaired) electrons. The van der Waals surface area contributed by atoms with Gasteiger partial charge in [-0.1, -0.05) is 0 Å². The maximum atomic E-state index is 13.8. The van der Waals surface area contributed by atoms with Crippen molar-refractivity contribution in [1.82, 2.24) is 0 Å². The van der Waals surface area contributed by atoms with Crippen LogP contribution in [0.2, 0.25) is 0 Å². The lowest BCUT2D eigenvalue weighted by molar-refractivity contribution is 0.407. The Labute approximate surface area is 118 Å². The highest BCUT2D eigenvalue weighted by molar-refractivity contribution is 6.68. The number of methoxy groups -OCH3 is 1. The van der Waals surface area contributed by atoms with Crippen molar-refractivity contribution in [3.63, 3.8) is 0 Å². The van der Waals surface area contributed by atoms with E-state index in [0.717, 1.165) is 26.3 Å². The fourth-order valence-corrected chi connectivity index (χ4v) is 1.87. The summed E-state index contributed by atoms with van der Waals surface area (Å²) < 4.78 is 72.4. The maximum absolute atomic E-state index is 13.8. The van der Waals surface area contributed by atoms with E-state index in [1.807, 2.05) is 0 Å². The van der Waals surface area contributed by atoms with E-state index >= 15 is 0 Å². The zero-order valence-corrected chi connectivity index (χ0v) is 11.1. The molecule has 0 fully saturated rings. The lowest BCUT2D eigenvalue weighted by atomic mass is 9.61. The number of benzene rings is 2. The molecular formula is C14H9BF5O. The SMILES string of the molecule is COc1cc(F)c([B]c2c(F)cc(F)c(F)c2C)c(F)c1. The fourth-order valence-electron chi connectivity index (χ4n) is 1.87. The molecule has 0 aliphatic heterocycles. The molecule has 0 saturated heterocycles. The van der Waals surface area contributed by atoms with Crippen LogP contribution in [-0.2, 0) is 0 Å². The first-order valence-electron chi connectivity index (χ1n) is 5.87. The Hall–Kier alpha value is -2.05. The molecule has 0 aliphatic rings. The van der Waals surface area contributed by atoms with E-state index in [2.05, 4.69) is 4.74 Å². The van der Waals surface area contributed by atoms with Crippen molar-refractivity contribution in [2.24, 2.45) is 0 Å². The normalized spacial score (nSPS) is 10.6. The van der Waals surface area contributed by atoms with Gasteiger partial charge in [0, 0.05) is 18.2 Å². The molecule has 2 aromatic carbocycles. The monoisotopic (exact) mass is 299 g/mol. The zero-order chi connectivity index (χ0) is 15.7. The number of halogens is 5. The Morgan fingerprint density at radius 1 is 0.810 bits per heavy atom. The molecule has 0 atom stereocenters. The average Bonchev–Trinajstić information content (AvgIpc) is 2.43. The smallest absolute Gasteiger partial charge is 0.203 e. The molecule has 1 nitrogen and oxygen atoms in total. The first kappa shape index (κ1) is 15.3. The molecule has 2 rings (SSSR count). The van der Waals surface area contributed by atoms with E-state index in [4.69, 9.17) is 0 Å². The average molecular weight is 299 g/mol. The van der Waals surface area contributed by atoms with Crippen LogP contribution in [0.1, 0.15) is 5.56 Å². The minimum absolute atomic E-state index is 0.0513. The van der Waals surface area contributed by atoms with Crippen molar-refractivity contribution in [3.8, 4) is 5.75 Å². The third-order valence-corrected chi connectivity index (χ3v) is 3.03. The highest BCUT2D eigenvalue weighted by atomic mass is 19.2. The van der Waals surface area contributed by atoms with Gasteiger partial charge in [0.15, 0.2) is 11.6 Å². The second-order valence-corrected chi connectivity index (χ2v) is 4.34. The summed E-state index contributed by atoms with van der Waals surface area (Å²) in [7, 11) is 2.02. The van der Waals surface area contributed by atoms with Crippen LogP contribution in [-0.4, -0.2) is 14.4 Å². The fraction of sp³-hybridized carbons (Fsp3) is 0.143. The lowest BCUT2D eigenvalue weighted by Gasteiger charge is -2.11. The topological polar surface area (TPSA) is 9.23 Å². The Morgan fingerprint density at radius 2 is 1.33 bits per heavy atom. The van der Waals surface area contributed by atoms with E-state index in [-0.39, 0.29) is 11.3 Å². The van der Waals surface area contributed by atoms with Crippen LogP contribution in [0.25, 0.3) is 0 Å². The molecule has 0 bridgehead atoms. The first-order chi connectivity index (χ1) is 9.85. The van der Waals surface area contributed by atoms with E-state index in [1.165, 1.54) is 7.11 Å². The number of rotatable bonds is 3. The highest BCUT2D eigenvalue weighted by Gasteiger charge is 2.20. The molecule has 0 spiro atoms. The number of hydrogen-bond donors (Lipinski definition) is 0. The van der Waals surface area contributed by atoms with Gasteiger partial charge in [-0.3, -0.25) is 0 Å². The second kappa shape index (κ2) is 5.75. The summed E-state index contributed by atoms with van der Waals surface area (Å²) >= 11 is 0. The van der Waals surface area contributed by atoms with E-state index in [0.29, 0.717) is 6.07 Å². The number of ether oxygens (including phenoxy) is 1. The molecule has 2 aromatic rings. The van der Waals surface area contributed by atoms with E-state index in [1.54, 1.807) is 0 Å². The third-order valence-electron chi connectivity index (χ3n) is 3.03. The summed E-state index contributed by atoms with van der Waals surface area (Å²) in [5, 5.41) is 0. The molecular weight excluding hydrogens is 290 g/mol. The van der Waals surface area contributed by atoms with Crippen LogP contribution >= 0.6 is 0 Å². The molecule has 0 saturated carbocycles. The summed E-state index contributed by atoms with van der Waals surface area (Å²) in [5.41, 5.74) is -1.36. The molecule has 109 valence electrons. The lowest BCUT2D eigenvalue weighted by Crippen LogP contribution is -2.36. The van der Waals surface area contributed by atoms with Crippen molar-refractivity contribution in [2.45, 2.75) is 6.92 Å². The molecule has 0 heterocycles. The zero-order valence-electron chi connectivity index (χ0n) is 11.1. The van der Waals surface area contributed by atoms with Gasteiger partial charge < -0.3 is 4.74 Å². The van der Waals surface area contributed by atoms with Crippen LogP contribution < -0.4 is 15.7 Å². The molecule has 0 N–H and O–H groups in total. The molecule has 0 unspecified atom stereocenters. The quantitative estimate of drug-likeness (QED) is 0.480. The van der Waals surface area contributed by atoms with Crippen LogP contribution in [0, 0.1) is 36.0 Å². The van der Waals surface area contributed by atoms with Gasteiger partial charge in [-0.05, 0) is 23.4 Å². The molecule has 0 amide bonds. The molecule has 7 heteroatoms. The van der Waals surface area contributed by atoms with E-state index < -0.39 is 40.0 Å². The van der Waals surface area contributed by atoms with Gasteiger partial charge in [-0.15, -0.1) is 0 Å². The largest absolute Gasteiger partial charge is 0.497 e. The van der Waals surface area contributed by atoms with Crippen LogP contribution in [0.4, 0.5) is 22.0 Å². The van der Waals surface area contributed by atoms with Crippen molar-refractivity contribution in [3.05, 3.63) is 52.8 Å². The second-order valence-electron chi connectivity index (χ2n) is 4.34. The van der Waals surface area contributed by atoms with Gasteiger partial charge in [0.25, 0.3) is 0 Å². The Bertz CT molecular complexity index is 679. The Balaban J connectivity index is 2.51. The summed E-state index contributed by atoms with van der Waals surface area (Å²) in [5.74, 6) is -5.80. The van der Waals surface area contributed by atoms with Gasteiger partial charge in [-0.25, -0.2) is 22.0 Å². The summed E-state index contributed by atoms with van der Waals surface area (Å²) in [4.78, 5) is 0. The van der Waals surface area contributed by atoms with Crippen molar-refractivity contribution in [2.75, 3.05) is 7.11 Å². The molecule has 0 aliphatic carbocycles. The van der Waals surface area contributed by atoms with Gasteiger partial charge in [0.1, 0.15) is 23.2 Å². The van der Waals surface area contributed by atoms with Crippen molar-refractivity contribution >= 4 is 18.2 Å². The first-order valence-corrected chi connectivity index (χ1v) is 5.87. The summed E-state index contributed by atoms with van der Waals surface area (Å²) in [6, 6.07) is 2.14. The van der Waals surface area contributed by atoms with Crippen LogP contribution in [0.3, 0.4) is 0 Å². The standard InChI is InChI=1S/C14H9BF5O/c1-6-12(10(18)5-11(19)14(6)20)15-13-8(16)3-7(21-2)4-9(13)17/h3-5H,1-2H3. The van der Waals surface area contributed by atoms with Crippen LogP contribution in [0.5, 0.6) is 5.75 Å². The maximum Gasteiger partial charge on any atom is 0.203 e. The summed E-state index contributed by atoms with van der Waals surface area (Å²) in [6.45, 7) is 1.12. The highest BCUT2D eigenvalue weighted by Crippen LogP contribution is 2.14. The minimum Gasteiger partial charge on any atom is -0.497 e. The Kier molecular flexibility index (Phi) is 4.20. The van der Waals surface area contributed by atoms with E-state index in [9.17, 15) is 22.0 Å². The number of hydrogen-bond acceptors (Lipinski definition) is 1. The molecule has 21 heavy (non-hydrogen) atoms. The van der Waals surface area contributed by atoms with Crippen molar-refractivity contribution in [1.29, 1.82) is 0 Å². The van der Waals surface area contributed by atoms with Gasteiger partial charge in [0.05, 0.1) is 7.11 Å². The van der Waals surface area contributed by atoms with Gasteiger partial charge in [0.2, 0.25) is 7.28 Å². The predicted octanol–water partition coefficient (Wildman–Crippen LogP) is 2.35. The Morgan fingerprint density at radius 3 is 1.86 bits per heavy atom. The van der Waals surface area contributed by atoms with Gasteiger partial charge in [-0.2, -0.15) is 0 Å². The minimum atomic E-state index is -1.36. The molecule has 0 aromatic heterocycles. The van der Waals surface area contributed by atoms with Crippen LogP contribution in [0.15, 0.2) is 18.2 Å². The van der Waals surface area contributed by atoms with Crippen molar-refractivity contribution < 1.29 is 26.7 Å².